The molecule has 1 aliphatic rings. The largest absolute Gasteiger partial charge is 0.484 e. The van der Waals surface area contributed by atoms with Gasteiger partial charge in [0.1, 0.15) is 31.5 Å². The quantitative estimate of drug-likeness (QED) is 0.756. The second-order valence-corrected chi connectivity index (χ2v) is 7.30. The monoisotopic (exact) mass is 389 g/mol. The Morgan fingerprint density at radius 3 is 2.89 bits per heavy atom. The Morgan fingerprint density at radius 1 is 1.30 bits per heavy atom. The molecule has 2 aromatic rings. The van der Waals surface area contributed by atoms with Gasteiger partial charge >= 0.3 is 0 Å². The molecule has 0 bridgehead atoms. The average Bonchev–Trinajstić information content (AvgIpc) is 2.67. The number of halogens is 1. The van der Waals surface area contributed by atoms with Crippen LogP contribution in [-0.2, 0) is 16.1 Å². The van der Waals surface area contributed by atoms with Crippen LogP contribution in [0.3, 0.4) is 0 Å². The van der Waals surface area contributed by atoms with Gasteiger partial charge < -0.3 is 19.7 Å². The molecule has 1 saturated heterocycles. The molecule has 1 fully saturated rings. The molecule has 0 aromatic heterocycles. The van der Waals surface area contributed by atoms with Gasteiger partial charge in [-0.25, -0.2) is 0 Å². The van der Waals surface area contributed by atoms with Gasteiger partial charge in [-0.2, -0.15) is 0 Å². The summed E-state index contributed by atoms with van der Waals surface area (Å²) in [5, 5.41) is 3.56. The molecular weight excluding hydrogens is 364 g/mol. The van der Waals surface area contributed by atoms with E-state index in [4.69, 9.17) is 21.1 Å². The van der Waals surface area contributed by atoms with Gasteiger partial charge in [-0.15, -0.1) is 0 Å². The van der Waals surface area contributed by atoms with E-state index in [1.54, 1.807) is 12.1 Å². The number of carbonyl (C=O) groups is 1. The number of rotatable bonds is 7. The third-order valence-electron chi connectivity index (χ3n) is 4.65. The summed E-state index contributed by atoms with van der Waals surface area (Å²) in [6.45, 7) is 5.94. The minimum atomic E-state index is -0.150. The fourth-order valence-corrected chi connectivity index (χ4v) is 3.45. The van der Waals surface area contributed by atoms with Crippen molar-refractivity contribution in [2.24, 2.45) is 0 Å². The van der Waals surface area contributed by atoms with E-state index in [2.05, 4.69) is 29.6 Å². The molecule has 0 radical (unpaired) electrons. The maximum absolute atomic E-state index is 12.1. The van der Waals surface area contributed by atoms with Gasteiger partial charge in [-0.1, -0.05) is 41.9 Å². The smallest absolute Gasteiger partial charge is 0.258 e. The number of carbonyl (C=O) groups excluding carboxylic acids is 1. The van der Waals surface area contributed by atoms with Crippen LogP contribution in [0.1, 0.15) is 11.1 Å². The lowest BCUT2D eigenvalue weighted by atomic mass is 10.2. The Hall–Kier alpha value is -2.08. The maximum Gasteiger partial charge on any atom is 0.258 e. The average molecular weight is 390 g/mol. The lowest BCUT2D eigenvalue weighted by Gasteiger charge is -2.30. The van der Waals surface area contributed by atoms with E-state index < -0.39 is 0 Å². The first-order valence-electron chi connectivity index (χ1n) is 9.25. The van der Waals surface area contributed by atoms with Crippen molar-refractivity contribution >= 4 is 17.5 Å². The zero-order chi connectivity index (χ0) is 19.1. The molecule has 1 amide bonds. The van der Waals surface area contributed by atoms with Crippen LogP contribution in [-0.4, -0.2) is 44.9 Å². The summed E-state index contributed by atoms with van der Waals surface area (Å²) in [5.74, 6) is 0.519. The highest BCUT2D eigenvalue weighted by molar-refractivity contribution is 6.30. The van der Waals surface area contributed by atoms with Crippen LogP contribution in [0.5, 0.6) is 5.75 Å². The molecule has 144 valence electrons. The van der Waals surface area contributed by atoms with Crippen molar-refractivity contribution in [1.29, 1.82) is 0 Å². The van der Waals surface area contributed by atoms with Gasteiger partial charge in [0.05, 0.1) is 6.61 Å². The molecule has 1 heterocycles. The molecular formula is C21H26ClN2O3+. The second-order valence-electron chi connectivity index (χ2n) is 6.86. The van der Waals surface area contributed by atoms with E-state index in [0.29, 0.717) is 23.9 Å². The number of quaternary nitrogens is 1. The molecule has 6 heteroatoms. The Bertz CT molecular complexity index is 754. The van der Waals surface area contributed by atoms with Crippen molar-refractivity contribution in [3.05, 3.63) is 64.7 Å². The highest BCUT2D eigenvalue weighted by atomic mass is 35.5. The molecule has 2 N–H and O–H groups in total. The third-order valence-corrected chi connectivity index (χ3v) is 4.88. The number of ether oxygens (including phenoxy) is 2. The van der Waals surface area contributed by atoms with Gasteiger partial charge in [0.2, 0.25) is 0 Å². The number of benzene rings is 2. The van der Waals surface area contributed by atoms with Crippen LogP contribution in [0.25, 0.3) is 0 Å². The van der Waals surface area contributed by atoms with E-state index in [9.17, 15) is 4.79 Å². The van der Waals surface area contributed by atoms with Crippen LogP contribution < -0.4 is 15.0 Å². The van der Waals surface area contributed by atoms with Crippen LogP contribution >= 0.6 is 11.6 Å². The van der Waals surface area contributed by atoms with Crippen molar-refractivity contribution < 1.29 is 19.2 Å². The lowest BCUT2D eigenvalue weighted by Crippen LogP contribution is -3.13. The number of morpholine rings is 1. The van der Waals surface area contributed by atoms with E-state index >= 15 is 0 Å². The van der Waals surface area contributed by atoms with Crippen molar-refractivity contribution in [3.63, 3.8) is 0 Å². The minimum absolute atomic E-state index is 0.0181. The van der Waals surface area contributed by atoms with Crippen LogP contribution in [0.15, 0.2) is 48.5 Å². The summed E-state index contributed by atoms with van der Waals surface area (Å²) in [6.07, 6.45) is 0.0266. The summed E-state index contributed by atoms with van der Waals surface area (Å²) in [7, 11) is 0. The zero-order valence-electron chi connectivity index (χ0n) is 15.5. The first kappa shape index (κ1) is 19.7. The number of hydrogen-bond donors (Lipinski definition) is 2. The summed E-state index contributed by atoms with van der Waals surface area (Å²) in [6, 6.07) is 15.8. The standard InChI is InChI=1S/C21H25ClN2O3/c1-16-11-18(22)7-8-20(16)27-15-21(25)23-12-19-14-24(9-10-26-19)13-17-5-3-2-4-6-17/h2-8,11,19H,9-10,12-15H2,1H3,(H,23,25)/p+1/t19-/m1/s1. The first-order chi connectivity index (χ1) is 13.1. The molecule has 27 heavy (non-hydrogen) atoms. The third kappa shape index (κ3) is 6.24. The molecule has 5 nitrogen and oxygen atoms in total. The fourth-order valence-electron chi connectivity index (χ4n) is 3.23. The predicted molar refractivity (Wildman–Crippen MR) is 105 cm³/mol. The highest BCUT2D eigenvalue weighted by Crippen LogP contribution is 2.21. The van der Waals surface area contributed by atoms with E-state index in [0.717, 1.165) is 25.2 Å². The van der Waals surface area contributed by atoms with Crippen molar-refractivity contribution in [3.8, 4) is 5.75 Å². The summed E-state index contributed by atoms with van der Waals surface area (Å²) < 4.78 is 11.4. The number of amides is 1. The summed E-state index contributed by atoms with van der Waals surface area (Å²) in [5.41, 5.74) is 2.23. The fraction of sp³-hybridized carbons (Fsp3) is 0.381. The number of hydrogen-bond acceptors (Lipinski definition) is 3. The number of aryl methyl sites for hydroxylation is 1. The summed E-state index contributed by atoms with van der Waals surface area (Å²) in [4.78, 5) is 13.6. The molecule has 1 aliphatic heterocycles. The minimum Gasteiger partial charge on any atom is -0.484 e. The van der Waals surface area contributed by atoms with Gasteiger partial charge in [-0.05, 0) is 30.7 Å². The topological polar surface area (TPSA) is 52.0 Å². The molecule has 0 spiro atoms. The van der Waals surface area contributed by atoms with Gasteiger partial charge in [0.15, 0.2) is 6.61 Å². The SMILES string of the molecule is Cc1cc(Cl)ccc1OCC(=O)NC[C@@H]1C[NH+](Cc2ccccc2)CCO1. The number of nitrogens with one attached hydrogen (secondary N) is 2. The van der Waals surface area contributed by atoms with Gasteiger partial charge in [0, 0.05) is 17.1 Å². The zero-order valence-corrected chi connectivity index (χ0v) is 16.3. The Kier molecular flexibility index (Phi) is 7.10. The maximum atomic E-state index is 12.1. The highest BCUT2D eigenvalue weighted by Gasteiger charge is 2.24. The molecule has 0 aliphatic carbocycles. The Balaban J connectivity index is 1.40. The first-order valence-corrected chi connectivity index (χ1v) is 9.62. The van der Waals surface area contributed by atoms with E-state index in [1.165, 1.54) is 10.5 Å². The van der Waals surface area contributed by atoms with Gasteiger partial charge in [0.25, 0.3) is 5.91 Å². The lowest BCUT2D eigenvalue weighted by molar-refractivity contribution is -0.925. The molecule has 1 unspecified atom stereocenters. The van der Waals surface area contributed by atoms with Crippen LogP contribution in [0.2, 0.25) is 5.02 Å². The summed E-state index contributed by atoms with van der Waals surface area (Å²) >= 11 is 5.93. The predicted octanol–water partition coefficient (Wildman–Crippen LogP) is 1.63. The van der Waals surface area contributed by atoms with E-state index in [1.807, 2.05) is 19.1 Å². The molecule has 3 rings (SSSR count). The van der Waals surface area contributed by atoms with Crippen LogP contribution in [0, 0.1) is 6.92 Å². The molecule has 2 atom stereocenters. The molecule has 2 aromatic carbocycles. The van der Waals surface area contributed by atoms with Gasteiger partial charge in [-0.3, -0.25) is 4.79 Å². The Morgan fingerprint density at radius 2 is 2.11 bits per heavy atom. The van der Waals surface area contributed by atoms with E-state index in [-0.39, 0.29) is 18.6 Å². The van der Waals surface area contributed by atoms with Crippen LogP contribution in [0.4, 0.5) is 0 Å². The molecule has 0 saturated carbocycles. The van der Waals surface area contributed by atoms with Crippen molar-refractivity contribution in [2.75, 3.05) is 32.8 Å². The second kappa shape index (κ2) is 9.74. The Labute approximate surface area is 165 Å². The normalized spacial score (nSPS) is 19.5. The van der Waals surface area contributed by atoms with Crippen molar-refractivity contribution in [2.45, 2.75) is 19.6 Å². The van der Waals surface area contributed by atoms with Crippen molar-refractivity contribution in [1.82, 2.24) is 5.32 Å².